The summed E-state index contributed by atoms with van der Waals surface area (Å²) in [6.07, 6.45) is 1.14. The Morgan fingerprint density at radius 2 is 2.00 bits per heavy atom. The molecule has 0 saturated heterocycles. The number of fused-ring (bicyclic) bond motifs is 1. The number of hydrogen-bond acceptors (Lipinski definition) is 4. The van der Waals surface area contributed by atoms with Crippen molar-refractivity contribution in [2.24, 2.45) is 0 Å². The van der Waals surface area contributed by atoms with Gasteiger partial charge in [0.15, 0.2) is 6.10 Å². The second-order valence-electron chi connectivity index (χ2n) is 5.69. The van der Waals surface area contributed by atoms with Crippen LogP contribution in [-0.4, -0.2) is 24.3 Å². The molecule has 1 unspecified atom stereocenters. The summed E-state index contributed by atoms with van der Waals surface area (Å²) in [5.74, 6) is 3.19. The van der Waals surface area contributed by atoms with Crippen LogP contribution in [0.5, 0.6) is 5.75 Å². The van der Waals surface area contributed by atoms with Gasteiger partial charge in [-0.15, -0.1) is 0 Å². The van der Waals surface area contributed by atoms with E-state index in [1.54, 1.807) is 24.9 Å². The van der Waals surface area contributed by atoms with E-state index >= 15 is 0 Å². The molecule has 2 aromatic carbocycles. The number of amides is 1. The van der Waals surface area contributed by atoms with Crippen molar-refractivity contribution in [1.29, 1.82) is 0 Å². The molecule has 1 N–H and O–H groups in total. The number of furan rings is 1. The molecular formula is C20H21NO3S. The van der Waals surface area contributed by atoms with Crippen LogP contribution in [0.1, 0.15) is 12.7 Å². The molecule has 0 saturated carbocycles. The minimum Gasteiger partial charge on any atom is -0.481 e. The van der Waals surface area contributed by atoms with E-state index in [2.05, 4.69) is 11.4 Å². The van der Waals surface area contributed by atoms with Crippen molar-refractivity contribution in [3.63, 3.8) is 0 Å². The molecule has 1 heterocycles. The number of carbonyl (C=O) groups is 1. The van der Waals surface area contributed by atoms with E-state index in [9.17, 15) is 4.79 Å². The van der Waals surface area contributed by atoms with Crippen molar-refractivity contribution < 1.29 is 13.9 Å². The molecule has 0 aliphatic rings. The number of benzene rings is 2. The first-order valence-electron chi connectivity index (χ1n) is 8.25. The van der Waals surface area contributed by atoms with Crippen LogP contribution in [0, 0.1) is 0 Å². The standard InChI is InChI=1S/C20H21NO3S/c1-15(20(22)21-10-12-25-14-19-7-4-11-23-19)24-18-9-8-16-5-2-3-6-17(16)13-18/h2-9,11,13,15H,10,12,14H2,1H3,(H,21,22). The van der Waals surface area contributed by atoms with E-state index in [0.29, 0.717) is 12.3 Å². The van der Waals surface area contributed by atoms with Crippen LogP contribution in [0.4, 0.5) is 0 Å². The van der Waals surface area contributed by atoms with Crippen LogP contribution < -0.4 is 10.1 Å². The van der Waals surface area contributed by atoms with Crippen LogP contribution in [-0.2, 0) is 10.5 Å². The van der Waals surface area contributed by atoms with Crippen LogP contribution in [0.15, 0.2) is 65.3 Å². The molecular weight excluding hydrogens is 334 g/mol. The number of hydrogen-bond donors (Lipinski definition) is 1. The number of carbonyl (C=O) groups excluding carboxylic acids is 1. The fourth-order valence-corrected chi connectivity index (χ4v) is 3.21. The molecule has 0 bridgehead atoms. The summed E-state index contributed by atoms with van der Waals surface area (Å²) in [5, 5.41) is 5.16. The van der Waals surface area contributed by atoms with Crippen molar-refractivity contribution in [3.05, 3.63) is 66.6 Å². The lowest BCUT2D eigenvalue weighted by atomic mass is 10.1. The molecule has 0 aliphatic heterocycles. The molecule has 1 aromatic heterocycles. The highest BCUT2D eigenvalue weighted by atomic mass is 32.2. The van der Waals surface area contributed by atoms with Gasteiger partial charge in [0.25, 0.3) is 5.91 Å². The Balaban J connectivity index is 1.42. The minimum atomic E-state index is -0.531. The molecule has 5 heteroatoms. The molecule has 0 aliphatic carbocycles. The van der Waals surface area contributed by atoms with Crippen LogP contribution in [0.2, 0.25) is 0 Å². The summed E-state index contributed by atoms with van der Waals surface area (Å²) in [5.41, 5.74) is 0. The highest BCUT2D eigenvalue weighted by Gasteiger charge is 2.14. The Morgan fingerprint density at radius 1 is 1.16 bits per heavy atom. The van der Waals surface area contributed by atoms with E-state index < -0.39 is 6.10 Å². The molecule has 1 atom stereocenters. The molecule has 1 amide bonds. The third-order valence-electron chi connectivity index (χ3n) is 3.77. The number of thioether (sulfide) groups is 1. The van der Waals surface area contributed by atoms with Gasteiger partial charge in [-0.2, -0.15) is 11.8 Å². The van der Waals surface area contributed by atoms with Crippen LogP contribution >= 0.6 is 11.8 Å². The lowest BCUT2D eigenvalue weighted by Gasteiger charge is -2.15. The van der Waals surface area contributed by atoms with E-state index in [0.717, 1.165) is 28.0 Å². The minimum absolute atomic E-state index is 0.105. The second kappa shape index (κ2) is 8.62. The molecule has 4 nitrogen and oxygen atoms in total. The van der Waals surface area contributed by atoms with Crippen molar-refractivity contribution in [1.82, 2.24) is 5.32 Å². The zero-order valence-electron chi connectivity index (χ0n) is 14.1. The molecule has 130 valence electrons. The van der Waals surface area contributed by atoms with E-state index in [4.69, 9.17) is 9.15 Å². The molecule has 0 spiro atoms. The summed E-state index contributed by atoms with van der Waals surface area (Å²) in [6.45, 7) is 2.37. The summed E-state index contributed by atoms with van der Waals surface area (Å²) in [6, 6.07) is 17.8. The fraction of sp³-hybridized carbons (Fsp3) is 0.250. The van der Waals surface area contributed by atoms with Gasteiger partial charge in [-0.05, 0) is 42.0 Å². The smallest absolute Gasteiger partial charge is 0.260 e. The zero-order valence-corrected chi connectivity index (χ0v) is 14.9. The zero-order chi connectivity index (χ0) is 17.5. The Labute approximate surface area is 151 Å². The number of nitrogens with one attached hydrogen (secondary N) is 1. The monoisotopic (exact) mass is 355 g/mol. The number of rotatable bonds is 8. The van der Waals surface area contributed by atoms with Crippen LogP contribution in [0.3, 0.4) is 0 Å². The molecule has 0 fully saturated rings. The third kappa shape index (κ3) is 5.03. The summed E-state index contributed by atoms with van der Waals surface area (Å²) in [7, 11) is 0. The lowest BCUT2D eigenvalue weighted by Crippen LogP contribution is -2.37. The predicted molar refractivity (Wildman–Crippen MR) is 102 cm³/mol. The van der Waals surface area contributed by atoms with Gasteiger partial charge in [-0.3, -0.25) is 4.79 Å². The van der Waals surface area contributed by atoms with E-state index in [1.807, 2.05) is 48.5 Å². The summed E-state index contributed by atoms with van der Waals surface area (Å²) >= 11 is 1.72. The fourth-order valence-electron chi connectivity index (χ4n) is 2.46. The Hall–Kier alpha value is -2.40. The third-order valence-corrected chi connectivity index (χ3v) is 4.75. The van der Waals surface area contributed by atoms with Crippen molar-refractivity contribution in [2.75, 3.05) is 12.3 Å². The lowest BCUT2D eigenvalue weighted by molar-refractivity contribution is -0.127. The highest BCUT2D eigenvalue weighted by molar-refractivity contribution is 7.98. The molecule has 25 heavy (non-hydrogen) atoms. The van der Waals surface area contributed by atoms with Crippen molar-refractivity contribution >= 4 is 28.4 Å². The largest absolute Gasteiger partial charge is 0.481 e. The Kier molecular flexibility index (Phi) is 6.01. The van der Waals surface area contributed by atoms with Gasteiger partial charge in [-0.25, -0.2) is 0 Å². The average Bonchev–Trinajstić information content (AvgIpc) is 3.14. The maximum absolute atomic E-state index is 12.1. The van der Waals surface area contributed by atoms with Gasteiger partial charge in [0.1, 0.15) is 11.5 Å². The topological polar surface area (TPSA) is 51.5 Å². The first-order valence-corrected chi connectivity index (χ1v) is 9.41. The van der Waals surface area contributed by atoms with Gasteiger partial charge in [0.05, 0.1) is 12.0 Å². The van der Waals surface area contributed by atoms with Gasteiger partial charge < -0.3 is 14.5 Å². The van der Waals surface area contributed by atoms with Gasteiger partial charge in [-0.1, -0.05) is 30.3 Å². The first kappa shape index (κ1) is 17.4. The maximum atomic E-state index is 12.1. The normalized spacial score (nSPS) is 12.0. The average molecular weight is 355 g/mol. The SMILES string of the molecule is CC(Oc1ccc2ccccc2c1)C(=O)NCCSCc1ccco1. The molecule has 0 radical (unpaired) electrons. The van der Waals surface area contributed by atoms with Crippen LogP contribution in [0.25, 0.3) is 10.8 Å². The Morgan fingerprint density at radius 3 is 2.80 bits per heavy atom. The number of ether oxygens (including phenoxy) is 1. The van der Waals surface area contributed by atoms with Gasteiger partial charge in [0.2, 0.25) is 0 Å². The second-order valence-corrected chi connectivity index (χ2v) is 6.80. The maximum Gasteiger partial charge on any atom is 0.260 e. The van der Waals surface area contributed by atoms with E-state index in [1.165, 1.54) is 0 Å². The van der Waals surface area contributed by atoms with E-state index in [-0.39, 0.29) is 5.91 Å². The van der Waals surface area contributed by atoms with Gasteiger partial charge in [0, 0.05) is 12.3 Å². The highest BCUT2D eigenvalue weighted by Crippen LogP contribution is 2.21. The molecule has 3 rings (SSSR count). The molecule has 3 aromatic rings. The Bertz CT molecular complexity index is 817. The summed E-state index contributed by atoms with van der Waals surface area (Å²) < 4.78 is 11.0. The van der Waals surface area contributed by atoms with Crippen molar-refractivity contribution in [3.8, 4) is 5.75 Å². The first-order chi connectivity index (χ1) is 12.2. The van der Waals surface area contributed by atoms with Crippen molar-refractivity contribution in [2.45, 2.75) is 18.8 Å². The predicted octanol–water partition coefficient (Wildman–Crippen LogP) is 4.25. The quantitative estimate of drug-likeness (QED) is 0.614. The summed E-state index contributed by atoms with van der Waals surface area (Å²) in [4.78, 5) is 12.1. The van der Waals surface area contributed by atoms with Gasteiger partial charge >= 0.3 is 0 Å².